The molecule has 1 aromatic heterocycles. The minimum atomic E-state index is -0.487. The predicted octanol–water partition coefficient (Wildman–Crippen LogP) is 4.23. The summed E-state index contributed by atoms with van der Waals surface area (Å²) in [5.41, 5.74) is 2.37. The van der Waals surface area contributed by atoms with Crippen LogP contribution in [0.25, 0.3) is 0 Å². The number of fused-ring (bicyclic) bond motifs is 1. The molecule has 34 heavy (non-hydrogen) atoms. The zero-order valence-corrected chi connectivity index (χ0v) is 21.3. The lowest BCUT2D eigenvalue weighted by atomic mass is 10.0. The third-order valence-corrected chi connectivity index (χ3v) is 7.20. The number of methoxy groups -OCH3 is 1. The Hall–Kier alpha value is -2.19. The smallest absolute Gasteiger partial charge is 0.237 e. The first-order valence-electron chi connectivity index (χ1n) is 12.1. The van der Waals surface area contributed by atoms with Crippen molar-refractivity contribution in [1.29, 1.82) is 0 Å². The van der Waals surface area contributed by atoms with Crippen molar-refractivity contribution in [3.8, 4) is 5.75 Å². The molecule has 1 amide bonds. The van der Waals surface area contributed by atoms with Gasteiger partial charge in [0.05, 0.1) is 18.7 Å². The number of carbonyl (C=O) groups is 1. The van der Waals surface area contributed by atoms with Crippen LogP contribution in [-0.2, 0) is 16.0 Å². The maximum Gasteiger partial charge on any atom is 0.237 e. The van der Waals surface area contributed by atoms with Crippen LogP contribution < -0.4 is 4.74 Å². The zero-order valence-electron chi connectivity index (χ0n) is 20.4. The molecule has 0 radical (unpaired) electrons. The lowest BCUT2D eigenvalue weighted by molar-refractivity contribution is -0.136. The molecule has 1 aliphatic heterocycles. The first-order valence-corrected chi connectivity index (χ1v) is 12.9. The summed E-state index contributed by atoms with van der Waals surface area (Å²) in [6, 6.07) is 10.0. The molecule has 3 rings (SSSR count). The van der Waals surface area contributed by atoms with Gasteiger partial charge in [0.2, 0.25) is 5.91 Å². The number of aliphatic hydroxyl groups excluding tert-OH is 1. The Morgan fingerprint density at radius 3 is 2.88 bits per heavy atom. The fraction of sp³-hybridized carbons (Fsp3) is 0.519. The molecule has 2 aromatic rings. The molecule has 2 heterocycles. The molecule has 0 fully saturated rings. The Morgan fingerprint density at radius 2 is 2.15 bits per heavy atom. The Labute approximate surface area is 207 Å². The van der Waals surface area contributed by atoms with Crippen LogP contribution >= 0.6 is 11.3 Å². The van der Waals surface area contributed by atoms with Gasteiger partial charge in [-0.15, -0.1) is 17.9 Å². The van der Waals surface area contributed by atoms with Crippen LogP contribution in [0.15, 0.2) is 48.4 Å². The highest BCUT2D eigenvalue weighted by atomic mass is 32.1. The van der Waals surface area contributed by atoms with Crippen LogP contribution in [-0.4, -0.2) is 73.4 Å². The average molecular weight is 487 g/mol. The lowest BCUT2D eigenvalue weighted by Gasteiger charge is -2.37. The van der Waals surface area contributed by atoms with Gasteiger partial charge in [-0.05, 0) is 61.7 Å². The van der Waals surface area contributed by atoms with Crippen LogP contribution in [0.2, 0.25) is 0 Å². The van der Waals surface area contributed by atoms with Crippen LogP contribution in [0, 0.1) is 6.92 Å². The topological polar surface area (TPSA) is 62.2 Å². The van der Waals surface area contributed by atoms with Gasteiger partial charge in [-0.2, -0.15) is 0 Å². The van der Waals surface area contributed by atoms with Crippen LogP contribution in [0.3, 0.4) is 0 Å². The number of rotatable bonds is 14. The van der Waals surface area contributed by atoms with Gasteiger partial charge in [-0.25, -0.2) is 0 Å². The van der Waals surface area contributed by atoms with Crippen molar-refractivity contribution >= 4 is 17.2 Å². The molecule has 0 bridgehead atoms. The molecule has 2 atom stereocenters. The summed E-state index contributed by atoms with van der Waals surface area (Å²) in [6.45, 7) is 8.95. The summed E-state index contributed by atoms with van der Waals surface area (Å²) in [6.07, 6.45) is 4.41. The number of aryl methyl sites for hydroxylation is 1. The number of ether oxygens (including phenoxy) is 2. The third-order valence-electron chi connectivity index (χ3n) is 6.20. The predicted molar refractivity (Wildman–Crippen MR) is 138 cm³/mol. The van der Waals surface area contributed by atoms with E-state index in [1.165, 1.54) is 16.0 Å². The summed E-state index contributed by atoms with van der Waals surface area (Å²) >= 11 is 1.75. The fourth-order valence-corrected chi connectivity index (χ4v) is 5.26. The zero-order chi connectivity index (χ0) is 24.3. The fourth-order valence-electron chi connectivity index (χ4n) is 4.33. The van der Waals surface area contributed by atoms with E-state index in [4.69, 9.17) is 9.47 Å². The monoisotopic (exact) mass is 486 g/mol. The van der Waals surface area contributed by atoms with Crippen molar-refractivity contribution < 1.29 is 19.4 Å². The van der Waals surface area contributed by atoms with Gasteiger partial charge >= 0.3 is 0 Å². The summed E-state index contributed by atoms with van der Waals surface area (Å²) < 4.78 is 11.3. The summed E-state index contributed by atoms with van der Waals surface area (Å²) in [7, 11) is 1.68. The first-order chi connectivity index (χ1) is 16.5. The molecular formula is C27H38N2O4S. The molecule has 0 unspecified atom stereocenters. The Balaban J connectivity index is 1.69. The van der Waals surface area contributed by atoms with Crippen molar-refractivity contribution in [1.82, 2.24) is 9.80 Å². The average Bonchev–Trinajstić information content (AvgIpc) is 3.31. The van der Waals surface area contributed by atoms with Gasteiger partial charge in [0, 0.05) is 38.2 Å². The highest BCUT2D eigenvalue weighted by molar-refractivity contribution is 7.10. The normalized spacial score (nSPS) is 16.4. The number of allylic oxidation sites excluding steroid dienone is 1. The second-order valence-electron chi connectivity index (χ2n) is 8.88. The van der Waals surface area contributed by atoms with Crippen molar-refractivity contribution in [2.24, 2.45) is 0 Å². The van der Waals surface area contributed by atoms with Crippen molar-refractivity contribution in [3.05, 3.63) is 64.4 Å². The highest BCUT2D eigenvalue weighted by Crippen LogP contribution is 2.34. The van der Waals surface area contributed by atoms with Crippen LogP contribution in [0.4, 0.5) is 0 Å². The van der Waals surface area contributed by atoms with E-state index >= 15 is 0 Å². The maximum atomic E-state index is 13.5. The molecule has 0 aliphatic carbocycles. The number of thiophene rings is 1. The molecule has 1 N–H and O–H groups in total. The standard InChI is InChI=1S/C27H38N2O4S/c1-4-5-7-22(30)18-28(14-6-16-32-3)19-27(31)29-15-12-26-24(13-17-34-26)25(29)20-33-23-10-8-21(2)9-11-23/h4,8-11,13,17,22,25,30H,1,5-7,12,14-16,18-20H2,2-3H3/t22-,25-/m0/s1. The van der Waals surface area contributed by atoms with Gasteiger partial charge in [-0.1, -0.05) is 23.8 Å². The molecule has 7 heteroatoms. The molecule has 1 aromatic carbocycles. The Morgan fingerprint density at radius 1 is 1.35 bits per heavy atom. The van der Waals surface area contributed by atoms with Crippen LogP contribution in [0.1, 0.15) is 41.3 Å². The minimum absolute atomic E-state index is 0.0719. The number of nitrogens with zero attached hydrogens (tertiary/aromatic N) is 2. The molecule has 186 valence electrons. The van der Waals surface area contributed by atoms with E-state index in [0.29, 0.717) is 39.3 Å². The van der Waals surface area contributed by atoms with E-state index in [2.05, 4.69) is 29.8 Å². The largest absolute Gasteiger partial charge is 0.491 e. The van der Waals surface area contributed by atoms with Crippen molar-refractivity contribution in [2.45, 2.75) is 44.8 Å². The minimum Gasteiger partial charge on any atom is -0.491 e. The number of carbonyl (C=O) groups excluding carboxylic acids is 1. The van der Waals surface area contributed by atoms with Crippen molar-refractivity contribution in [3.63, 3.8) is 0 Å². The molecule has 0 spiro atoms. The molecule has 0 saturated heterocycles. The second kappa shape index (κ2) is 13.6. The summed E-state index contributed by atoms with van der Waals surface area (Å²) in [5.74, 6) is 0.884. The Bertz CT molecular complexity index is 898. The quantitative estimate of drug-likeness (QED) is 0.320. The summed E-state index contributed by atoms with van der Waals surface area (Å²) in [5, 5.41) is 12.6. The van der Waals surface area contributed by atoms with E-state index in [9.17, 15) is 9.90 Å². The molecule has 6 nitrogen and oxygen atoms in total. The number of hydrogen-bond donors (Lipinski definition) is 1. The first kappa shape index (κ1) is 26.4. The number of benzene rings is 1. The lowest BCUT2D eigenvalue weighted by Crippen LogP contribution is -2.48. The Kier molecular flexibility index (Phi) is 10.6. The number of hydrogen-bond acceptors (Lipinski definition) is 6. The van der Waals surface area contributed by atoms with E-state index in [1.807, 2.05) is 35.2 Å². The van der Waals surface area contributed by atoms with Gasteiger partial charge in [0.1, 0.15) is 12.4 Å². The number of amides is 1. The van der Waals surface area contributed by atoms with E-state index in [-0.39, 0.29) is 18.5 Å². The van der Waals surface area contributed by atoms with E-state index in [0.717, 1.165) is 25.0 Å². The SMILES string of the molecule is C=CCC[C@H](O)CN(CCCOC)CC(=O)N1CCc2sccc2[C@@H]1COc1ccc(C)cc1. The van der Waals surface area contributed by atoms with Gasteiger partial charge in [0.15, 0.2) is 0 Å². The summed E-state index contributed by atoms with van der Waals surface area (Å²) in [4.78, 5) is 18.9. The van der Waals surface area contributed by atoms with Gasteiger partial charge in [0.25, 0.3) is 0 Å². The van der Waals surface area contributed by atoms with Gasteiger partial charge in [-0.3, -0.25) is 9.69 Å². The third kappa shape index (κ3) is 7.67. The van der Waals surface area contributed by atoms with E-state index in [1.54, 1.807) is 18.4 Å². The van der Waals surface area contributed by atoms with Crippen LogP contribution in [0.5, 0.6) is 5.75 Å². The molecule has 1 aliphatic rings. The van der Waals surface area contributed by atoms with E-state index < -0.39 is 6.10 Å². The molecular weight excluding hydrogens is 448 g/mol. The van der Waals surface area contributed by atoms with Crippen molar-refractivity contribution in [2.75, 3.05) is 46.5 Å². The maximum absolute atomic E-state index is 13.5. The van der Waals surface area contributed by atoms with Gasteiger partial charge < -0.3 is 19.5 Å². The molecule has 0 saturated carbocycles. The number of aliphatic hydroxyl groups is 1. The second-order valence-corrected chi connectivity index (χ2v) is 9.88. The highest BCUT2D eigenvalue weighted by Gasteiger charge is 2.33.